The number of rotatable bonds is 2. The first-order valence-electron chi connectivity index (χ1n) is 5.44. The Balaban J connectivity index is 2.49. The lowest BCUT2D eigenvalue weighted by Gasteiger charge is -2.08. The summed E-state index contributed by atoms with van der Waals surface area (Å²) in [7, 11) is 0. The Morgan fingerprint density at radius 3 is 2.29 bits per heavy atom. The predicted octanol–water partition coefficient (Wildman–Crippen LogP) is 4.46. The Kier molecular flexibility index (Phi) is 3.41. The summed E-state index contributed by atoms with van der Waals surface area (Å²) in [4.78, 5) is 1.27. The first-order valence-corrected chi connectivity index (χ1v) is 6.32. The van der Waals surface area contributed by atoms with Gasteiger partial charge in [-0.3, -0.25) is 0 Å². The lowest BCUT2D eigenvalue weighted by molar-refractivity contribution is 1.38. The van der Waals surface area contributed by atoms with Crippen LogP contribution in [-0.2, 0) is 0 Å². The van der Waals surface area contributed by atoms with E-state index in [9.17, 15) is 0 Å². The highest BCUT2D eigenvalue weighted by molar-refractivity contribution is 7.11. The number of thiophene rings is 1. The van der Waals surface area contributed by atoms with Crippen LogP contribution >= 0.6 is 11.3 Å². The topological polar surface area (TPSA) is 23.8 Å². The Bertz CT molecular complexity index is 564. The molecular formula is C15H13NS. The molecule has 0 N–H and O–H groups in total. The average molecular weight is 239 g/mol. The predicted molar refractivity (Wildman–Crippen MR) is 72.8 cm³/mol. The van der Waals surface area contributed by atoms with E-state index in [0.717, 1.165) is 0 Å². The summed E-state index contributed by atoms with van der Waals surface area (Å²) in [5, 5.41) is 10.9. The molecule has 0 amide bonds. The molecular weight excluding hydrogens is 226 g/mol. The number of allylic oxidation sites excluding steroid dienone is 1. The van der Waals surface area contributed by atoms with Gasteiger partial charge in [0.15, 0.2) is 0 Å². The molecule has 0 aliphatic heterocycles. The molecule has 0 saturated carbocycles. The second kappa shape index (κ2) is 4.99. The van der Waals surface area contributed by atoms with Gasteiger partial charge in [0.25, 0.3) is 0 Å². The maximum Gasteiger partial charge on any atom is 0.0991 e. The van der Waals surface area contributed by atoms with Crippen LogP contribution in [0.2, 0.25) is 0 Å². The molecule has 0 bridgehead atoms. The normalized spacial score (nSPS) is 9.71. The van der Waals surface area contributed by atoms with E-state index in [1.807, 2.05) is 24.3 Å². The van der Waals surface area contributed by atoms with Gasteiger partial charge < -0.3 is 0 Å². The zero-order valence-corrected chi connectivity index (χ0v) is 10.7. The molecule has 0 saturated heterocycles. The quantitative estimate of drug-likeness (QED) is 0.759. The molecule has 0 radical (unpaired) electrons. The summed E-state index contributed by atoms with van der Waals surface area (Å²) in [6.45, 7) is 4.24. The van der Waals surface area contributed by atoms with Crippen LogP contribution in [0, 0.1) is 11.3 Å². The number of hydrogen-bond acceptors (Lipinski definition) is 2. The van der Waals surface area contributed by atoms with E-state index in [2.05, 4.69) is 37.4 Å². The van der Waals surface area contributed by atoms with Crippen LogP contribution in [-0.4, -0.2) is 0 Å². The van der Waals surface area contributed by atoms with Gasteiger partial charge in [0.1, 0.15) is 0 Å². The van der Waals surface area contributed by atoms with Crippen LogP contribution < -0.4 is 0 Å². The highest BCUT2D eigenvalue weighted by atomic mass is 32.1. The molecule has 84 valence electrons. The summed E-state index contributed by atoms with van der Waals surface area (Å²) >= 11 is 1.74. The van der Waals surface area contributed by atoms with Gasteiger partial charge in [-0.15, -0.1) is 11.3 Å². The van der Waals surface area contributed by atoms with Crippen molar-refractivity contribution in [3.05, 3.63) is 63.4 Å². The van der Waals surface area contributed by atoms with Crippen LogP contribution in [0.25, 0.3) is 5.57 Å². The molecule has 1 aromatic carbocycles. The second-order valence-corrected chi connectivity index (χ2v) is 4.99. The Morgan fingerprint density at radius 1 is 1.12 bits per heavy atom. The fraction of sp³-hybridized carbons (Fsp3) is 0.133. The third-order valence-electron chi connectivity index (χ3n) is 2.57. The Labute approximate surface area is 106 Å². The molecule has 0 spiro atoms. The van der Waals surface area contributed by atoms with Crippen molar-refractivity contribution in [2.45, 2.75) is 13.8 Å². The van der Waals surface area contributed by atoms with Crippen LogP contribution in [0.3, 0.4) is 0 Å². The van der Waals surface area contributed by atoms with Gasteiger partial charge >= 0.3 is 0 Å². The molecule has 1 heterocycles. The van der Waals surface area contributed by atoms with E-state index in [-0.39, 0.29) is 0 Å². The van der Waals surface area contributed by atoms with Crippen molar-refractivity contribution in [2.24, 2.45) is 0 Å². The standard InChI is InChI=1S/C15H13NS/c1-11(2)15(14-4-3-9-17-14)13-7-5-12(10-16)6-8-13/h3-9H,1-2H3. The van der Waals surface area contributed by atoms with Crippen LogP contribution in [0.4, 0.5) is 0 Å². The van der Waals surface area contributed by atoms with E-state index in [4.69, 9.17) is 5.26 Å². The maximum atomic E-state index is 8.80. The van der Waals surface area contributed by atoms with Gasteiger partial charge in [-0.2, -0.15) is 5.26 Å². The molecule has 0 aliphatic rings. The van der Waals surface area contributed by atoms with Gasteiger partial charge in [0.2, 0.25) is 0 Å². The second-order valence-electron chi connectivity index (χ2n) is 4.04. The third-order valence-corrected chi connectivity index (χ3v) is 3.46. The fourth-order valence-corrected chi connectivity index (χ4v) is 2.71. The first-order chi connectivity index (χ1) is 8.22. The van der Waals surface area contributed by atoms with Crippen molar-refractivity contribution >= 4 is 16.9 Å². The molecule has 2 rings (SSSR count). The Hall–Kier alpha value is -1.85. The molecule has 1 aromatic heterocycles. The molecule has 1 nitrogen and oxygen atoms in total. The summed E-state index contributed by atoms with van der Waals surface area (Å²) < 4.78 is 0. The van der Waals surface area contributed by atoms with E-state index >= 15 is 0 Å². The van der Waals surface area contributed by atoms with Crippen molar-refractivity contribution in [2.75, 3.05) is 0 Å². The van der Waals surface area contributed by atoms with Crippen LogP contribution in [0.5, 0.6) is 0 Å². The molecule has 17 heavy (non-hydrogen) atoms. The van der Waals surface area contributed by atoms with Crippen LogP contribution in [0.1, 0.15) is 29.9 Å². The van der Waals surface area contributed by atoms with E-state index in [0.29, 0.717) is 5.56 Å². The van der Waals surface area contributed by atoms with Gasteiger partial charge in [-0.1, -0.05) is 23.8 Å². The van der Waals surface area contributed by atoms with Crippen molar-refractivity contribution < 1.29 is 0 Å². The lowest BCUT2D eigenvalue weighted by Crippen LogP contribution is -1.88. The first kappa shape index (κ1) is 11.6. The maximum absolute atomic E-state index is 8.80. The molecule has 0 unspecified atom stereocenters. The molecule has 0 fully saturated rings. The smallest absolute Gasteiger partial charge is 0.0991 e. The highest BCUT2D eigenvalue weighted by Crippen LogP contribution is 2.30. The zero-order valence-electron chi connectivity index (χ0n) is 9.90. The lowest BCUT2D eigenvalue weighted by atomic mass is 9.99. The van der Waals surface area contributed by atoms with Gasteiger partial charge in [0.05, 0.1) is 11.6 Å². The fourth-order valence-electron chi connectivity index (χ4n) is 1.81. The number of nitriles is 1. The molecule has 0 aliphatic carbocycles. The minimum atomic E-state index is 0.702. The van der Waals surface area contributed by atoms with Gasteiger partial charge in [0, 0.05) is 4.88 Å². The minimum absolute atomic E-state index is 0.702. The Morgan fingerprint density at radius 2 is 1.82 bits per heavy atom. The summed E-state index contributed by atoms with van der Waals surface area (Å²) in [6, 6.07) is 14.1. The van der Waals surface area contributed by atoms with Crippen molar-refractivity contribution in [3.8, 4) is 6.07 Å². The third kappa shape index (κ3) is 2.46. The van der Waals surface area contributed by atoms with Crippen molar-refractivity contribution in [1.82, 2.24) is 0 Å². The summed E-state index contributed by atoms with van der Waals surface area (Å²) in [6.07, 6.45) is 0. The van der Waals surface area contributed by atoms with Crippen molar-refractivity contribution in [1.29, 1.82) is 5.26 Å². The summed E-state index contributed by atoms with van der Waals surface area (Å²) in [5.41, 5.74) is 4.43. The number of hydrogen-bond donors (Lipinski definition) is 0. The number of benzene rings is 1. The van der Waals surface area contributed by atoms with Crippen LogP contribution in [0.15, 0.2) is 47.4 Å². The van der Waals surface area contributed by atoms with Gasteiger partial charge in [-0.25, -0.2) is 0 Å². The van der Waals surface area contributed by atoms with Gasteiger partial charge in [-0.05, 0) is 48.6 Å². The zero-order chi connectivity index (χ0) is 12.3. The summed E-state index contributed by atoms with van der Waals surface area (Å²) in [5.74, 6) is 0. The largest absolute Gasteiger partial charge is 0.192 e. The van der Waals surface area contributed by atoms with E-state index in [1.54, 1.807) is 11.3 Å². The SMILES string of the molecule is CC(C)=C(c1ccc(C#N)cc1)c1cccs1. The highest BCUT2D eigenvalue weighted by Gasteiger charge is 2.07. The molecule has 0 atom stereocenters. The molecule has 2 aromatic rings. The monoisotopic (exact) mass is 239 g/mol. The van der Waals surface area contributed by atoms with E-state index in [1.165, 1.54) is 21.6 Å². The average Bonchev–Trinajstić information content (AvgIpc) is 2.83. The number of nitrogens with zero attached hydrogens (tertiary/aromatic N) is 1. The van der Waals surface area contributed by atoms with E-state index < -0.39 is 0 Å². The molecule has 2 heteroatoms. The minimum Gasteiger partial charge on any atom is -0.192 e. The van der Waals surface area contributed by atoms with Crippen molar-refractivity contribution in [3.63, 3.8) is 0 Å².